The van der Waals surface area contributed by atoms with Crippen molar-refractivity contribution in [3.05, 3.63) is 35.9 Å². The number of carbonyl (C=O) groups is 1. The summed E-state index contributed by atoms with van der Waals surface area (Å²) in [6.45, 7) is 4.66. The second-order valence-corrected chi connectivity index (χ2v) is 5.96. The highest BCUT2D eigenvalue weighted by atomic mass is 16.5. The van der Waals surface area contributed by atoms with Crippen LogP contribution in [0.5, 0.6) is 0 Å². The van der Waals surface area contributed by atoms with E-state index in [1.54, 1.807) is 0 Å². The lowest BCUT2D eigenvalue weighted by Gasteiger charge is -2.22. The maximum atomic E-state index is 12.4. The third kappa shape index (κ3) is 3.82. The first-order chi connectivity index (χ1) is 9.18. The Morgan fingerprint density at radius 1 is 1.21 bits per heavy atom. The molecule has 1 aromatic carbocycles. The van der Waals surface area contributed by atoms with Crippen molar-refractivity contribution >= 4 is 5.97 Å². The van der Waals surface area contributed by atoms with Crippen LogP contribution in [0.25, 0.3) is 0 Å². The summed E-state index contributed by atoms with van der Waals surface area (Å²) in [5.41, 5.74) is 1.11. The van der Waals surface area contributed by atoms with E-state index < -0.39 is 0 Å². The van der Waals surface area contributed by atoms with Crippen LogP contribution in [-0.4, -0.2) is 12.6 Å². The summed E-state index contributed by atoms with van der Waals surface area (Å²) in [6, 6.07) is 10.1. The minimum atomic E-state index is -0.0672. The van der Waals surface area contributed by atoms with Crippen molar-refractivity contribution < 1.29 is 9.53 Å². The highest BCUT2D eigenvalue weighted by Crippen LogP contribution is 2.38. The predicted octanol–water partition coefficient (Wildman–Crippen LogP) is 4.16. The highest BCUT2D eigenvalue weighted by Gasteiger charge is 2.33. The van der Waals surface area contributed by atoms with Gasteiger partial charge in [-0.1, -0.05) is 57.0 Å². The first kappa shape index (κ1) is 14.1. The quantitative estimate of drug-likeness (QED) is 0.743. The van der Waals surface area contributed by atoms with Crippen molar-refractivity contribution in [2.75, 3.05) is 6.61 Å². The number of esters is 1. The normalized spacial score (nSPS) is 17.6. The number of carbonyl (C=O) groups excluding carboxylic acids is 1. The van der Waals surface area contributed by atoms with E-state index in [-0.39, 0.29) is 11.9 Å². The third-order valence-electron chi connectivity index (χ3n) is 3.84. The lowest BCUT2D eigenvalue weighted by molar-refractivity contribution is -0.148. The minimum Gasteiger partial charge on any atom is -0.465 e. The van der Waals surface area contributed by atoms with Crippen molar-refractivity contribution in [3.8, 4) is 0 Å². The van der Waals surface area contributed by atoms with Gasteiger partial charge in [0, 0.05) is 0 Å². The maximum absolute atomic E-state index is 12.4. The molecule has 1 aliphatic rings. The van der Waals surface area contributed by atoms with Gasteiger partial charge in [0.15, 0.2) is 0 Å². The molecule has 2 rings (SSSR count). The summed E-state index contributed by atoms with van der Waals surface area (Å²) in [5, 5.41) is 0. The molecule has 0 saturated heterocycles. The van der Waals surface area contributed by atoms with E-state index in [4.69, 9.17) is 4.74 Å². The fourth-order valence-corrected chi connectivity index (χ4v) is 2.89. The minimum absolute atomic E-state index is 0.0354. The van der Waals surface area contributed by atoms with Crippen molar-refractivity contribution in [1.29, 1.82) is 0 Å². The Balaban J connectivity index is 2.12. The molecule has 1 saturated carbocycles. The number of hydrogen-bond donors (Lipinski definition) is 0. The zero-order valence-electron chi connectivity index (χ0n) is 12.0. The first-order valence-corrected chi connectivity index (χ1v) is 7.40. The summed E-state index contributed by atoms with van der Waals surface area (Å²) in [7, 11) is 0. The molecule has 0 aromatic heterocycles. The second kappa shape index (κ2) is 6.74. The van der Waals surface area contributed by atoms with Gasteiger partial charge in [0.2, 0.25) is 0 Å². The molecule has 1 aliphatic carbocycles. The number of benzene rings is 1. The molecule has 1 aromatic rings. The van der Waals surface area contributed by atoms with Crippen molar-refractivity contribution in [2.24, 2.45) is 11.8 Å². The van der Waals surface area contributed by atoms with E-state index in [1.165, 1.54) is 12.8 Å². The molecule has 1 fully saturated rings. The van der Waals surface area contributed by atoms with Gasteiger partial charge in [-0.25, -0.2) is 0 Å². The zero-order valence-corrected chi connectivity index (χ0v) is 12.0. The molecule has 2 nitrogen and oxygen atoms in total. The Kier molecular flexibility index (Phi) is 5.00. The topological polar surface area (TPSA) is 26.3 Å². The van der Waals surface area contributed by atoms with Crippen LogP contribution in [0, 0.1) is 11.8 Å². The molecule has 1 unspecified atom stereocenters. The first-order valence-electron chi connectivity index (χ1n) is 7.40. The van der Waals surface area contributed by atoms with Gasteiger partial charge in [-0.3, -0.25) is 4.79 Å². The predicted molar refractivity (Wildman–Crippen MR) is 76.9 cm³/mol. The van der Waals surface area contributed by atoms with Crippen molar-refractivity contribution in [2.45, 2.75) is 45.4 Å². The number of ether oxygens (including phenoxy) is 1. The van der Waals surface area contributed by atoms with Crippen LogP contribution in [0.3, 0.4) is 0 Å². The fourth-order valence-electron chi connectivity index (χ4n) is 2.89. The van der Waals surface area contributed by atoms with Crippen LogP contribution in [-0.2, 0) is 9.53 Å². The third-order valence-corrected chi connectivity index (χ3v) is 3.84. The highest BCUT2D eigenvalue weighted by molar-refractivity contribution is 5.78. The van der Waals surface area contributed by atoms with Gasteiger partial charge >= 0.3 is 5.97 Å². The van der Waals surface area contributed by atoms with Gasteiger partial charge in [-0.15, -0.1) is 0 Å². The van der Waals surface area contributed by atoms with E-state index in [1.807, 2.05) is 18.2 Å². The molecule has 19 heavy (non-hydrogen) atoms. The molecular formula is C17H24O2. The molecular weight excluding hydrogens is 236 g/mol. The Hall–Kier alpha value is -1.31. The lowest BCUT2D eigenvalue weighted by Crippen LogP contribution is -2.24. The molecule has 0 radical (unpaired) electrons. The fraction of sp³-hybridized carbons (Fsp3) is 0.588. The standard InChI is InChI=1S/C17H24O2/c1-13(2)12-19-17(18)16(15-10-6-7-11-15)14-8-4-3-5-9-14/h3-5,8-9,13,15-16H,6-7,10-12H2,1-2H3. The Morgan fingerprint density at radius 3 is 2.42 bits per heavy atom. The Morgan fingerprint density at radius 2 is 1.84 bits per heavy atom. The number of hydrogen-bond acceptors (Lipinski definition) is 2. The molecule has 0 spiro atoms. The summed E-state index contributed by atoms with van der Waals surface area (Å²) in [6.07, 6.45) is 4.78. The summed E-state index contributed by atoms with van der Waals surface area (Å²) in [4.78, 5) is 12.4. The van der Waals surface area contributed by atoms with Crippen molar-refractivity contribution in [3.63, 3.8) is 0 Å². The molecule has 104 valence electrons. The van der Waals surface area contributed by atoms with Crippen LogP contribution < -0.4 is 0 Å². The van der Waals surface area contributed by atoms with E-state index in [9.17, 15) is 4.79 Å². The molecule has 1 atom stereocenters. The van der Waals surface area contributed by atoms with Crippen LogP contribution >= 0.6 is 0 Å². The Labute approximate surface area is 116 Å². The monoisotopic (exact) mass is 260 g/mol. The largest absolute Gasteiger partial charge is 0.465 e. The molecule has 0 bridgehead atoms. The average Bonchev–Trinajstić information content (AvgIpc) is 2.92. The maximum Gasteiger partial charge on any atom is 0.313 e. The van der Waals surface area contributed by atoms with Crippen LogP contribution in [0.4, 0.5) is 0 Å². The van der Waals surface area contributed by atoms with Crippen molar-refractivity contribution in [1.82, 2.24) is 0 Å². The SMILES string of the molecule is CC(C)COC(=O)C(c1ccccc1)C1CCCC1. The molecule has 2 heteroatoms. The van der Waals surface area contributed by atoms with Gasteiger partial charge in [-0.05, 0) is 30.2 Å². The van der Waals surface area contributed by atoms with E-state index >= 15 is 0 Å². The molecule has 0 amide bonds. The Bertz CT molecular complexity index is 391. The molecule has 0 heterocycles. The summed E-state index contributed by atoms with van der Waals surface area (Å²) in [5.74, 6) is 0.750. The van der Waals surface area contributed by atoms with Gasteiger partial charge in [0.1, 0.15) is 0 Å². The van der Waals surface area contributed by atoms with Gasteiger partial charge in [0.05, 0.1) is 12.5 Å². The van der Waals surface area contributed by atoms with E-state index in [0.717, 1.165) is 18.4 Å². The smallest absolute Gasteiger partial charge is 0.313 e. The molecule has 0 N–H and O–H groups in total. The average molecular weight is 260 g/mol. The summed E-state index contributed by atoms with van der Waals surface area (Å²) >= 11 is 0. The molecule has 0 aliphatic heterocycles. The second-order valence-electron chi connectivity index (χ2n) is 5.96. The van der Waals surface area contributed by atoms with Crippen LogP contribution in [0.2, 0.25) is 0 Å². The van der Waals surface area contributed by atoms with Crippen LogP contribution in [0.15, 0.2) is 30.3 Å². The number of rotatable bonds is 5. The van der Waals surface area contributed by atoms with Crippen LogP contribution in [0.1, 0.15) is 51.0 Å². The van der Waals surface area contributed by atoms with Gasteiger partial charge < -0.3 is 4.74 Å². The lowest BCUT2D eigenvalue weighted by atomic mass is 9.85. The summed E-state index contributed by atoms with van der Waals surface area (Å²) < 4.78 is 5.49. The van der Waals surface area contributed by atoms with Gasteiger partial charge in [0.25, 0.3) is 0 Å². The van der Waals surface area contributed by atoms with Gasteiger partial charge in [-0.2, -0.15) is 0 Å². The van der Waals surface area contributed by atoms with E-state index in [2.05, 4.69) is 26.0 Å². The van der Waals surface area contributed by atoms with E-state index in [0.29, 0.717) is 18.4 Å². The zero-order chi connectivity index (χ0) is 13.7.